The third-order valence-electron chi connectivity index (χ3n) is 4.55. The molecule has 0 aliphatic carbocycles. The van der Waals surface area contributed by atoms with E-state index in [4.69, 9.17) is 0 Å². The number of aromatic nitrogens is 1. The highest BCUT2D eigenvalue weighted by atomic mass is 16.1. The number of hydrogen-bond donors (Lipinski definition) is 0. The topological polar surface area (TPSA) is 30.0 Å². The standard InChI is InChI=1S/C26H19NO/c28-26(23-16-8-7-15-22(23)25-17-9-10-18-27-25)24(21-13-5-2-6-14-21)19-20-11-3-1-4-12-20/h1-19H/b24-19+. The largest absolute Gasteiger partial charge is 0.289 e. The molecule has 0 bridgehead atoms. The van der Waals surface area contributed by atoms with Crippen LogP contribution in [0.3, 0.4) is 0 Å². The molecule has 1 aromatic heterocycles. The van der Waals surface area contributed by atoms with Crippen molar-refractivity contribution in [3.8, 4) is 11.3 Å². The van der Waals surface area contributed by atoms with Crippen LogP contribution in [0.2, 0.25) is 0 Å². The van der Waals surface area contributed by atoms with Crippen LogP contribution in [0.1, 0.15) is 21.5 Å². The fraction of sp³-hybridized carbons (Fsp3) is 0. The fourth-order valence-corrected chi connectivity index (χ4v) is 3.19. The second-order valence-electron chi connectivity index (χ2n) is 6.42. The molecule has 0 atom stereocenters. The van der Waals surface area contributed by atoms with Gasteiger partial charge in [0.2, 0.25) is 0 Å². The number of nitrogens with zero attached hydrogens (tertiary/aromatic N) is 1. The Labute approximate surface area is 164 Å². The van der Waals surface area contributed by atoms with Gasteiger partial charge in [-0.25, -0.2) is 0 Å². The first-order valence-electron chi connectivity index (χ1n) is 9.20. The normalized spacial score (nSPS) is 11.2. The lowest BCUT2D eigenvalue weighted by Crippen LogP contribution is -2.05. The Morgan fingerprint density at radius 2 is 1.32 bits per heavy atom. The molecule has 1 heterocycles. The molecule has 0 aliphatic rings. The predicted molar refractivity (Wildman–Crippen MR) is 115 cm³/mol. The second-order valence-corrected chi connectivity index (χ2v) is 6.42. The van der Waals surface area contributed by atoms with E-state index in [9.17, 15) is 4.79 Å². The third kappa shape index (κ3) is 3.81. The van der Waals surface area contributed by atoms with Gasteiger partial charge in [-0.3, -0.25) is 9.78 Å². The second kappa shape index (κ2) is 8.28. The number of carbonyl (C=O) groups excluding carboxylic acids is 1. The van der Waals surface area contributed by atoms with E-state index in [0.717, 1.165) is 22.4 Å². The van der Waals surface area contributed by atoms with E-state index in [0.29, 0.717) is 11.1 Å². The number of Topliss-reactive ketones (excluding diaryl/α,β-unsaturated/α-hetero) is 1. The Hall–Kier alpha value is -3.78. The van der Waals surface area contributed by atoms with Crippen LogP contribution in [-0.4, -0.2) is 10.8 Å². The Bertz CT molecular complexity index is 1100. The van der Waals surface area contributed by atoms with Crippen molar-refractivity contribution in [2.24, 2.45) is 0 Å². The number of rotatable bonds is 5. The van der Waals surface area contributed by atoms with Crippen LogP contribution in [0, 0.1) is 0 Å². The lowest BCUT2D eigenvalue weighted by molar-refractivity contribution is 0.105. The minimum absolute atomic E-state index is 0.0173. The van der Waals surface area contributed by atoms with Crippen LogP contribution >= 0.6 is 0 Å². The quantitative estimate of drug-likeness (QED) is 0.242. The molecule has 3 aromatic carbocycles. The van der Waals surface area contributed by atoms with Crippen molar-refractivity contribution in [2.45, 2.75) is 0 Å². The number of carbonyl (C=O) groups is 1. The molecule has 0 saturated carbocycles. The van der Waals surface area contributed by atoms with Gasteiger partial charge in [0.1, 0.15) is 0 Å². The first-order chi connectivity index (χ1) is 13.8. The Balaban J connectivity index is 1.85. The van der Waals surface area contributed by atoms with Crippen LogP contribution in [0.15, 0.2) is 109 Å². The zero-order chi connectivity index (χ0) is 19.2. The molecule has 0 N–H and O–H groups in total. The molecule has 0 spiro atoms. The molecule has 0 amide bonds. The minimum Gasteiger partial charge on any atom is -0.289 e. The molecule has 4 aromatic rings. The average molecular weight is 361 g/mol. The molecular weight excluding hydrogens is 342 g/mol. The lowest BCUT2D eigenvalue weighted by Gasteiger charge is -2.12. The smallest absolute Gasteiger partial charge is 0.194 e. The van der Waals surface area contributed by atoms with Gasteiger partial charge in [0.25, 0.3) is 0 Å². The van der Waals surface area contributed by atoms with Crippen molar-refractivity contribution in [1.29, 1.82) is 0 Å². The zero-order valence-corrected chi connectivity index (χ0v) is 15.3. The van der Waals surface area contributed by atoms with Crippen molar-refractivity contribution < 1.29 is 4.79 Å². The van der Waals surface area contributed by atoms with Crippen molar-refractivity contribution in [2.75, 3.05) is 0 Å². The molecule has 0 saturated heterocycles. The van der Waals surface area contributed by atoms with Gasteiger partial charge in [-0.1, -0.05) is 91.0 Å². The van der Waals surface area contributed by atoms with E-state index < -0.39 is 0 Å². The van der Waals surface area contributed by atoms with Crippen molar-refractivity contribution in [3.63, 3.8) is 0 Å². The van der Waals surface area contributed by atoms with Gasteiger partial charge < -0.3 is 0 Å². The summed E-state index contributed by atoms with van der Waals surface area (Å²) < 4.78 is 0. The van der Waals surface area contributed by atoms with Crippen LogP contribution in [-0.2, 0) is 0 Å². The molecular formula is C26H19NO. The van der Waals surface area contributed by atoms with Crippen LogP contribution in [0.5, 0.6) is 0 Å². The van der Waals surface area contributed by atoms with E-state index in [2.05, 4.69) is 4.98 Å². The summed E-state index contributed by atoms with van der Waals surface area (Å²) in [5, 5.41) is 0. The summed E-state index contributed by atoms with van der Waals surface area (Å²) in [5.41, 5.74) is 4.82. The third-order valence-corrected chi connectivity index (χ3v) is 4.55. The summed E-state index contributed by atoms with van der Waals surface area (Å²) in [5.74, 6) is -0.0173. The molecule has 2 heteroatoms. The fourth-order valence-electron chi connectivity index (χ4n) is 3.19. The number of ketones is 1. The molecule has 2 nitrogen and oxygen atoms in total. The molecule has 0 unspecified atom stereocenters. The maximum Gasteiger partial charge on any atom is 0.194 e. The van der Waals surface area contributed by atoms with E-state index in [1.807, 2.05) is 109 Å². The van der Waals surface area contributed by atoms with Crippen LogP contribution < -0.4 is 0 Å². The van der Waals surface area contributed by atoms with Crippen LogP contribution in [0.4, 0.5) is 0 Å². The zero-order valence-electron chi connectivity index (χ0n) is 15.3. The molecule has 0 fully saturated rings. The van der Waals surface area contributed by atoms with Crippen molar-refractivity contribution in [3.05, 3.63) is 126 Å². The first kappa shape index (κ1) is 17.6. The van der Waals surface area contributed by atoms with Gasteiger partial charge in [0.05, 0.1) is 5.69 Å². The van der Waals surface area contributed by atoms with Gasteiger partial charge >= 0.3 is 0 Å². The highest BCUT2D eigenvalue weighted by molar-refractivity contribution is 6.33. The highest BCUT2D eigenvalue weighted by Gasteiger charge is 2.18. The SMILES string of the molecule is O=C(/C(=C/c1ccccc1)c1ccccc1)c1ccccc1-c1ccccn1. The van der Waals surface area contributed by atoms with Gasteiger partial charge in [-0.05, 0) is 29.3 Å². The maximum atomic E-state index is 13.6. The predicted octanol–water partition coefficient (Wildman–Crippen LogP) is 6.17. The lowest BCUT2D eigenvalue weighted by atomic mass is 9.91. The first-order valence-corrected chi connectivity index (χ1v) is 9.20. The monoisotopic (exact) mass is 361 g/mol. The molecule has 28 heavy (non-hydrogen) atoms. The Kier molecular flexibility index (Phi) is 5.21. The van der Waals surface area contributed by atoms with Crippen LogP contribution in [0.25, 0.3) is 22.9 Å². The number of hydrogen-bond acceptors (Lipinski definition) is 2. The summed E-state index contributed by atoms with van der Waals surface area (Å²) in [6.07, 6.45) is 3.70. The van der Waals surface area contributed by atoms with E-state index >= 15 is 0 Å². The maximum absolute atomic E-state index is 13.6. The Morgan fingerprint density at radius 1 is 0.679 bits per heavy atom. The molecule has 0 radical (unpaired) electrons. The summed E-state index contributed by atoms with van der Waals surface area (Å²) >= 11 is 0. The van der Waals surface area contributed by atoms with Gasteiger partial charge in [0.15, 0.2) is 5.78 Å². The highest BCUT2D eigenvalue weighted by Crippen LogP contribution is 2.28. The van der Waals surface area contributed by atoms with Crippen molar-refractivity contribution in [1.82, 2.24) is 4.98 Å². The summed E-state index contributed by atoms with van der Waals surface area (Å²) in [6.45, 7) is 0. The van der Waals surface area contributed by atoms with E-state index in [-0.39, 0.29) is 5.78 Å². The number of allylic oxidation sites excluding steroid dienone is 1. The summed E-state index contributed by atoms with van der Waals surface area (Å²) in [4.78, 5) is 18.1. The molecule has 4 rings (SSSR count). The summed E-state index contributed by atoms with van der Waals surface area (Å²) in [6, 6.07) is 33.1. The molecule has 0 aliphatic heterocycles. The number of benzene rings is 3. The van der Waals surface area contributed by atoms with Gasteiger partial charge in [-0.15, -0.1) is 0 Å². The van der Waals surface area contributed by atoms with E-state index in [1.54, 1.807) is 6.20 Å². The minimum atomic E-state index is -0.0173. The average Bonchev–Trinajstić information content (AvgIpc) is 2.79. The van der Waals surface area contributed by atoms with Crippen molar-refractivity contribution >= 4 is 17.4 Å². The van der Waals surface area contributed by atoms with Gasteiger partial charge in [-0.2, -0.15) is 0 Å². The van der Waals surface area contributed by atoms with E-state index in [1.165, 1.54) is 0 Å². The Morgan fingerprint density at radius 3 is 2.04 bits per heavy atom. The van der Waals surface area contributed by atoms with Gasteiger partial charge in [0, 0.05) is 22.9 Å². The molecule has 134 valence electrons. The number of pyridine rings is 1. The summed E-state index contributed by atoms with van der Waals surface area (Å²) in [7, 11) is 0.